The standard InChI is InChI=1S/C18H29Cl3O2/c1-4-5-6-7-8-9-10-14-12-15(14)17(22)23-16(11-13(2)3)18(19,20)21/h11,14-16H,4-10,12H2,1-3H3. The number of esters is 1. The van der Waals surface area contributed by atoms with E-state index in [4.69, 9.17) is 39.5 Å². The number of halogens is 3. The molecule has 23 heavy (non-hydrogen) atoms. The van der Waals surface area contributed by atoms with Crippen molar-refractivity contribution in [3.8, 4) is 0 Å². The van der Waals surface area contributed by atoms with Crippen molar-refractivity contribution < 1.29 is 9.53 Å². The van der Waals surface area contributed by atoms with Crippen molar-refractivity contribution in [2.75, 3.05) is 0 Å². The molecule has 0 aromatic carbocycles. The summed E-state index contributed by atoms with van der Waals surface area (Å²) in [6.07, 6.45) is 10.5. The van der Waals surface area contributed by atoms with Gasteiger partial charge in [0.15, 0.2) is 6.10 Å². The molecule has 1 aliphatic carbocycles. The molecule has 0 spiro atoms. The minimum atomic E-state index is -1.63. The van der Waals surface area contributed by atoms with E-state index in [9.17, 15) is 4.79 Å². The van der Waals surface area contributed by atoms with E-state index in [1.807, 2.05) is 13.8 Å². The first-order valence-corrected chi connectivity index (χ1v) is 9.81. The highest BCUT2D eigenvalue weighted by Gasteiger charge is 2.45. The van der Waals surface area contributed by atoms with Gasteiger partial charge in [0.05, 0.1) is 5.92 Å². The molecule has 0 aliphatic heterocycles. The third kappa shape index (κ3) is 8.65. The Morgan fingerprint density at radius 1 is 1.17 bits per heavy atom. The smallest absolute Gasteiger partial charge is 0.309 e. The number of carbonyl (C=O) groups excluding carboxylic acids is 1. The summed E-state index contributed by atoms with van der Waals surface area (Å²) in [6, 6.07) is 0. The highest BCUT2D eigenvalue weighted by atomic mass is 35.6. The zero-order valence-corrected chi connectivity index (χ0v) is 16.7. The number of allylic oxidation sites excluding steroid dienone is 1. The van der Waals surface area contributed by atoms with Crippen molar-refractivity contribution >= 4 is 40.8 Å². The summed E-state index contributed by atoms with van der Waals surface area (Å²) in [5.74, 6) is 0.220. The summed E-state index contributed by atoms with van der Waals surface area (Å²) >= 11 is 17.7. The van der Waals surface area contributed by atoms with Crippen LogP contribution >= 0.6 is 34.8 Å². The molecule has 0 saturated heterocycles. The fraction of sp³-hybridized carbons (Fsp3) is 0.833. The first-order valence-electron chi connectivity index (χ1n) is 8.68. The van der Waals surface area contributed by atoms with Gasteiger partial charge in [-0.2, -0.15) is 0 Å². The predicted molar refractivity (Wildman–Crippen MR) is 99.2 cm³/mol. The van der Waals surface area contributed by atoms with Gasteiger partial charge >= 0.3 is 5.97 Å². The lowest BCUT2D eigenvalue weighted by molar-refractivity contribution is -0.148. The number of carbonyl (C=O) groups is 1. The van der Waals surface area contributed by atoms with Gasteiger partial charge in [-0.3, -0.25) is 4.79 Å². The lowest BCUT2D eigenvalue weighted by Gasteiger charge is -2.22. The fourth-order valence-electron chi connectivity index (χ4n) is 2.75. The van der Waals surface area contributed by atoms with Crippen molar-refractivity contribution in [1.82, 2.24) is 0 Å². The second-order valence-electron chi connectivity index (χ2n) is 6.80. The number of rotatable bonds is 10. The summed E-state index contributed by atoms with van der Waals surface area (Å²) in [5.41, 5.74) is 0.952. The lowest BCUT2D eigenvalue weighted by atomic mass is 10.1. The van der Waals surface area contributed by atoms with Gasteiger partial charge in [0.1, 0.15) is 0 Å². The molecule has 0 amide bonds. The van der Waals surface area contributed by atoms with Crippen LogP contribution in [-0.2, 0) is 9.53 Å². The zero-order chi connectivity index (χ0) is 17.5. The minimum Gasteiger partial charge on any atom is -0.453 e. The van der Waals surface area contributed by atoms with Crippen molar-refractivity contribution in [1.29, 1.82) is 0 Å². The van der Waals surface area contributed by atoms with Gasteiger partial charge in [-0.1, -0.05) is 85.8 Å². The Balaban J connectivity index is 2.29. The molecule has 1 rings (SSSR count). The van der Waals surface area contributed by atoms with Crippen molar-refractivity contribution in [3.05, 3.63) is 11.6 Å². The van der Waals surface area contributed by atoms with Crippen LogP contribution in [0, 0.1) is 11.8 Å². The summed E-state index contributed by atoms with van der Waals surface area (Å²) in [6.45, 7) is 5.99. The van der Waals surface area contributed by atoms with E-state index >= 15 is 0 Å². The van der Waals surface area contributed by atoms with E-state index in [0.717, 1.165) is 18.4 Å². The summed E-state index contributed by atoms with van der Waals surface area (Å²) < 4.78 is 3.80. The molecule has 134 valence electrons. The summed E-state index contributed by atoms with van der Waals surface area (Å²) in [7, 11) is 0. The number of hydrogen-bond acceptors (Lipinski definition) is 2. The number of alkyl halides is 3. The number of hydrogen-bond donors (Lipinski definition) is 0. The molecule has 0 radical (unpaired) electrons. The molecule has 1 saturated carbocycles. The van der Waals surface area contributed by atoms with Crippen LogP contribution in [0.15, 0.2) is 11.6 Å². The largest absolute Gasteiger partial charge is 0.453 e. The van der Waals surface area contributed by atoms with E-state index in [2.05, 4.69) is 6.92 Å². The Morgan fingerprint density at radius 3 is 2.35 bits per heavy atom. The van der Waals surface area contributed by atoms with Crippen LogP contribution in [0.4, 0.5) is 0 Å². The first kappa shape index (κ1) is 21.1. The van der Waals surface area contributed by atoms with E-state index in [0.29, 0.717) is 5.92 Å². The van der Waals surface area contributed by atoms with Gasteiger partial charge in [-0.15, -0.1) is 0 Å². The second kappa shape index (κ2) is 10.2. The van der Waals surface area contributed by atoms with Gasteiger partial charge in [0.2, 0.25) is 3.79 Å². The maximum Gasteiger partial charge on any atom is 0.309 e. The van der Waals surface area contributed by atoms with Crippen molar-refractivity contribution in [2.24, 2.45) is 11.8 Å². The monoisotopic (exact) mass is 382 g/mol. The average Bonchev–Trinajstić information content (AvgIpc) is 3.20. The van der Waals surface area contributed by atoms with Crippen LogP contribution < -0.4 is 0 Å². The molecular weight excluding hydrogens is 355 g/mol. The second-order valence-corrected chi connectivity index (χ2v) is 9.17. The normalized spacial score (nSPS) is 21.7. The lowest BCUT2D eigenvalue weighted by Crippen LogP contribution is -2.30. The molecule has 0 aromatic heterocycles. The Labute approximate surface area is 155 Å². The zero-order valence-electron chi connectivity index (χ0n) is 14.4. The highest BCUT2D eigenvalue weighted by Crippen LogP contribution is 2.44. The fourth-order valence-corrected chi connectivity index (χ4v) is 3.08. The molecule has 0 aromatic rings. The molecule has 5 heteroatoms. The average molecular weight is 384 g/mol. The van der Waals surface area contributed by atoms with E-state index < -0.39 is 9.90 Å². The van der Waals surface area contributed by atoms with Crippen molar-refractivity contribution in [3.63, 3.8) is 0 Å². The van der Waals surface area contributed by atoms with Crippen LogP contribution in [0.3, 0.4) is 0 Å². The molecule has 3 unspecified atom stereocenters. The third-order valence-corrected chi connectivity index (χ3v) is 4.85. The maximum atomic E-state index is 12.2. The quantitative estimate of drug-likeness (QED) is 0.183. The molecule has 1 fully saturated rings. The number of ether oxygens (including phenoxy) is 1. The van der Waals surface area contributed by atoms with Crippen LogP contribution in [0.2, 0.25) is 0 Å². The van der Waals surface area contributed by atoms with Gasteiger partial charge in [0.25, 0.3) is 0 Å². The number of unbranched alkanes of at least 4 members (excludes halogenated alkanes) is 5. The summed E-state index contributed by atoms with van der Waals surface area (Å²) in [4.78, 5) is 12.2. The highest BCUT2D eigenvalue weighted by molar-refractivity contribution is 6.68. The maximum absolute atomic E-state index is 12.2. The van der Waals surface area contributed by atoms with Crippen LogP contribution in [0.5, 0.6) is 0 Å². The molecule has 1 aliphatic rings. The Kier molecular flexibility index (Phi) is 9.33. The van der Waals surface area contributed by atoms with Crippen molar-refractivity contribution in [2.45, 2.75) is 82.0 Å². The van der Waals surface area contributed by atoms with Crippen LogP contribution in [0.25, 0.3) is 0 Å². The first-order chi connectivity index (χ1) is 10.8. The molecule has 0 heterocycles. The SMILES string of the molecule is CCCCCCCCC1CC1C(=O)OC(C=C(C)C)C(Cl)(Cl)Cl. The molecule has 2 nitrogen and oxygen atoms in total. The van der Waals surface area contributed by atoms with Gasteiger partial charge < -0.3 is 4.74 Å². The Bertz CT molecular complexity index is 398. The van der Waals surface area contributed by atoms with Crippen LogP contribution in [0.1, 0.15) is 72.1 Å². The van der Waals surface area contributed by atoms with E-state index in [1.54, 1.807) is 6.08 Å². The molecule has 0 N–H and O–H groups in total. The van der Waals surface area contributed by atoms with E-state index in [-0.39, 0.29) is 11.9 Å². The molecule has 3 atom stereocenters. The van der Waals surface area contributed by atoms with Crippen LogP contribution in [-0.4, -0.2) is 15.9 Å². The predicted octanol–water partition coefficient (Wildman–Crippen LogP) is 6.62. The molecular formula is C18H29Cl3O2. The minimum absolute atomic E-state index is 0.00828. The van der Waals surface area contributed by atoms with Gasteiger partial charge in [-0.05, 0) is 38.7 Å². The summed E-state index contributed by atoms with van der Waals surface area (Å²) in [5, 5.41) is 0. The Morgan fingerprint density at radius 2 is 1.78 bits per heavy atom. The molecule has 0 bridgehead atoms. The van der Waals surface area contributed by atoms with Gasteiger partial charge in [-0.25, -0.2) is 0 Å². The Hall–Kier alpha value is 0.0800. The van der Waals surface area contributed by atoms with E-state index in [1.165, 1.54) is 38.5 Å². The topological polar surface area (TPSA) is 26.3 Å². The van der Waals surface area contributed by atoms with Gasteiger partial charge in [0, 0.05) is 0 Å². The third-order valence-electron chi connectivity index (χ3n) is 4.20.